The van der Waals surface area contributed by atoms with Crippen molar-refractivity contribution in [3.05, 3.63) is 84.2 Å². The fourth-order valence-electron chi connectivity index (χ4n) is 2.76. The van der Waals surface area contributed by atoms with Crippen molar-refractivity contribution in [2.75, 3.05) is 17.2 Å². The lowest BCUT2D eigenvalue weighted by Gasteiger charge is -2.16. The standard InChI is InChI=1S/C24H23FN2O4/c1-3-30-22-7-5-4-6-21(22)27-23(28)16(2)31-20-14-8-17(9-15-20)24(29)26-19-12-10-18(25)11-13-19/h4-16H,3H2,1-2H3,(H,26,29)(H,27,28). The predicted octanol–water partition coefficient (Wildman–Crippen LogP) is 4.88. The van der Waals surface area contributed by atoms with Gasteiger partial charge in [0.25, 0.3) is 11.8 Å². The maximum atomic E-state index is 13.0. The first-order chi connectivity index (χ1) is 15.0. The Labute approximate surface area is 180 Å². The molecule has 0 aromatic heterocycles. The molecule has 3 rings (SSSR count). The van der Waals surface area contributed by atoms with Gasteiger partial charge >= 0.3 is 0 Å². The molecule has 0 heterocycles. The maximum Gasteiger partial charge on any atom is 0.265 e. The molecule has 0 spiro atoms. The number of benzene rings is 3. The van der Waals surface area contributed by atoms with Crippen LogP contribution < -0.4 is 20.1 Å². The van der Waals surface area contributed by atoms with Crippen molar-refractivity contribution in [3.8, 4) is 11.5 Å². The first kappa shape index (κ1) is 21.8. The zero-order valence-corrected chi connectivity index (χ0v) is 17.2. The van der Waals surface area contributed by atoms with E-state index in [9.17, 15) is 14.0 Å². The molecule has 0 aliphatic heterocycles. The predicted molar refractivity (Wildman–Crippen MR) is 117 cm³/mol. The lowest BCUT2D eigenvalue weighted by atomic mass is 10.2. The van der Waals surface area contributed by atoms with Gasteiger partial charge in [-0.1, -0.05) is 12.1 Å². The van der Waals surface area contributed by atoms with Crippen LogP contribution in [0, 0.1) is 5.82 Å². The minimum Gasteiger partial charge on any atom is -0.492 e. The number of amides is 2. The van der Waals surface area contributed by atoms with Crippen LogP contribution in [0.15, 0.2) is 72.8 Å². The molecule has 0 radical (unpaired) electrons. The minimum atomic E-state index is -0.770. The number of halogens is 1. The van der Waals surface area contributed by atoms with E-state index in [1.807, 2.05) is 13.0 Å². The van der Waals surface area contributed by atoms with Gasteiger partial charge in [0, 0.05) is 11.3 Å². The van der Waals surface area contributed by atoms with Crippen molar-refractivity contribution in [3.63, 3.8) is 0 Å². The second kappa shape index (κ2) is 10.2. The zero-order valence-electron chi connectivity index (χ0n) is 17.2. The molecule has 0 fully saturated rings. The molecule has 0 bridgehead atoms. The maximum absolute atomic E-state index is 13.0. The van der Waals surface area contributed by atoms with E-state index >= 15 is 0 Å². The summed E-state index contributed by atoms with van der Waals surface area (Å²) in [5.41, 5.74) is 1.46. The largest absolute Gasteiger partial charge is 0.492 e. The number of anilines is 2. The highest BCUT2D eigenvalue weighted by atomic mass is 19.1. The Morgan fingerprint density at radius 1 is 0.935 bits per heavy atom. The third-order valence-corrected chi connectivity index (χ3v) is 4.35. The van der Waals surface area contributed by atoms with E-state index < -0.39 is 6.10 Å². The molecule has 1 unspecified atom stereocenters. The highest BCUT2D eigenvalue weighted by Gasteiger charge is 2.17. The number of rotatable bonds is 8. The minimum absolute atomic E-state index is 0.328. The number of ether oxygens (including phenoxy) is 2. The number of carbonyl (C=O) groups excluding carboxylic acids is 2. The summed E-state index contributed by atoms with van der Waals surface area (Å²) in [5, 5.41) is 5.48. The van der Waals surface area contributed by atoms with Gasteiger partial charge in [-0.2, -0.15) is 0 Å². The average Bonchev–Trinajstić information content (AvgIpc) is 2.77. The molecule has 0 aliphatic carbocycles. The fourth-order valence-corrected chi connectivity index (χ4v) is 2.76. The lowest BCUT2D eigenvalue weighted by molar-refractivity contribution is -0.122. The molecule has 3 aromatic rings. The van der Waals surface area contributed by atoms with E-state index in [4.69, 9.17) is 9.47 Å². The van der Waals surface area contributed by atoms with Crippen molar-refractivity contribution in [2.24, 2.45) is 0 Å². The fraction of sp³-hybridized carbons (Fsp3) is 0.167. The highest BCUT2D eigenvalue weighted by Crippen LogP contribution is 2.24. The van der Waals surface area contributed by atoms with Crippen LogP contribution in [0.4, 0.5) is 15.8 Å². The van der Waals surface area contributed by atoms with E-state index in [-0.39, 0.29) is 17.6 Å². The summed E-state index contributed by atoms with van der Waals surface area (Å²) in [7, 11) is 0. The number of hydrogen-bond donors (Lipinski definition) is 2. The summed E-state index contributed by atoms with van der Waals surface area (Å²) in [6.45, 7) is 3.99. The van der Waals surface area contributed by atoms with Crippen molar-refractivity contribution < 1.29 is 23.5 Å². The van der Waals surface area contributed by atoms with Gasteiger partial charge in [0.2, 0.25) is 0 Å². The number of nitrogens with one attached hydrogen (secondary N) is 2. The molecule has 2 amide bonds. The first-order valence-corrected chi connectivity index (χ1v) is 9.82. The summed E-state index contributed by atoms with van der Waals surface area (Å²) >= 11 is 0. The normalized spacial score (nSPS) is 11.3. The second-order valence-corrected chi connectivity index (χ2v) is 6.66. The molecular formula is C24H23FN2O4. The van der Waals surface area contributed by atoms with Gasteiger partial charge in [0.1, 0.15) is 17.3 Å². The van der Waals surface area contributed by atoms with Crippen LogP contribution in [0.25, 0.3) is 0 Å². The summed E-state index contributed by atoms with van der Waals surface area (Å²) in [6, 6.07) is 19.1. The summed E-state index contributed by atoms with van der Waals surface area (Å²) in [6.07, 6.45) is -0.770. The van der Waals surface area contributed by atoms with E-state index in [2.05, 4.69) is 10.6 Å². The number of hydrogen-bond acceptors (Lipinski definition) is 4. The second-order valence-electron chi connectivity index (χ2n) is 6.66. The van der Waals surface area contributed by atoms with E-state index in [1.54, 1.807) is 49.4 Å². The smallest absolute Gasteiger partial charge is 0.265 e. The Morgan fingerprint density at radius 2 is 1.61 bits per heavy atom. The van der Waals surface area contributed by atoms with Gasteiger partial charge in [-0.25, -0.2) is 4.39 Å². The molecule has 1 atom stereocenters. The van der Waals surface area contributed by atoms with Crippen molar-refractivity contribution in [2.45, 2.75) is 20.0 Å². The molecule has 0 saturated carbocycles. The molecule has 0 aliphatic rings. The van der Waals surface area contributed by atoms with Crippen LogP contribution in [0.5, 0.6) is 11.5 Å². The third-order valence-electron chi connectivity index (χ3n) is 4.35. The van der Waals surface area contributed by atoms with Gasteiger partial charge in [-0.05, 0) is 74.5 Å². The molecule has 3 aromatic carbocycles. The van der Waals surface area contributed by atoms with Crippen LogP contribution in [0.3, 0.4) is 0 Å². The van der Waals surface area contributed by atoms with Crippen LogP contribution in [0.2, 0.25) is 0 Å². The van der Waals surface area contributed by atoms with Crippen LogP contribution >= 0.6 is 0 Å². The molecular weight excluding hydrogens is 399 g/mol. The van der Waals surface area contributed by atoms with Gasteiger partial charge < -0.3 is 20.1 Å². The molecule has 0 saturated heterocycles. The molecule has 2 N–H and O–H groups in total. The topological polar surface area (TPSA) is 76.7 Å². The first-order valence-electron chi connectivity index (χ1n) is 9.82. The van der Waals surface area contributed by atoms with Crippen LogP contribution in [0.1, 0.15) is 24.2 Å². The van der Waals surface area contributed by atoms with Gasteiger partial charge in [-0.3, -0.25) is 9.59 Å². The van der Waals surface area contributed by atoms with Gasteiger partial charge in [-0.15, -0.1) is 0 Å². The molecule has 160 valence electrons. The average molecular weight is 422 g/mol. The van der Waals surface area contributed by atoms with Gasteiger partial charge in [0.15, 0.2) is 6.10 Å². The number of para-hydroxylation sites is 2. The van der Waals surface area contributed by atoms with Gasteiger partial charge in [0.05, 0.1) is 12.3 Å². The SMILES string of the molecule is CCOc1ccccc1NC(=O)C(C)Oc1ccc(C(=O)Nc2ccc(F)cc2)cc1. The third kappa shape index (κ3) is 6.05. The van der Waals surface area contributed by atoms with Crippen LogP contribution in [-0.4, -0.2) is 24.5 Å². The lowest BCUT2D eigenvalue weighted by Crippen LogP contribution is -2.30. The molecule has 6 nitrogen and oxygen atoms in total. The Morgan fingerprint density at radius 3 is 2.29 bits per heavy atom. The summed E-state index contributed by atoms with van der Waals surface area (Å²) in [4.78, 5) is 24.8. The van der Waals surface area contributed by atoms with Crippen molar-refractivity contribution in [1.29, 1.82) is 0 Å². The quantitative estimate of drug-likeness (QED) is 0.542. The van der Waals surface area contributed by atoms with Crippen molar-refractivity contribution in [1.82, 2.24) is 0 Å². The highest BCUT2D eigenvalue weighted by molar-refractivity contribution is 6.04. The Kier molecular flexibility index (Phi) is 7.22. The monoisotopic (exact) mass is 422 g/mol. The van der Waals surface area contributed by atoms with E-state index in [0.29, 0.717) is 35.0 Å². The molecule has 7 heteroatoms. The summed E-state index contributed by atoms with van der Waals surface area (Å²) in [5.74, 6) is -0.0121. The summed E-state index contributed by atoms with van der Waals surface area (Å²) < 4.78 is 24.2. The number of carbonyl (C=O) groups is 2. The zero-order chi connectivity index (χ0) is 22.2. The van der Waals surface area contributed by atoms with E-state index in [0.717, 1.165) is 0 Å². The Bertz CT molecular complexity index is 1040. The Balaban J connectivity index is 1.58. The van der Waals surface area contributed by atoms with Crippen molar-refractivity contribution >= 4 is 23.2 Å². The molecule has 31 heavy (non-hydrogen) atoms. The van der Waals surface area contributed by atoms with E-state index in [1.165, 1.54) is 24.3 Å². The Hall–Kier alpha value is -3.87. The van der Waals surface area contributed by atoms with Crippen LogP contribution in [-0.2, 0) is 4.79 Å².